The summed E-state index contributed by atoms with van der Waals surface area (Å²) in [6, 6.07) is 9.32. The molecule has 4 heterocycles. The van der Waals surface area contributed by atoms with Crippen LogP contribution in [0.4, 0.5) is 0 Å². The Kier molecular flexibility index (Phi) is 5.07. The van der Waals surface area contributed by atoms with E-state index >= 15 is 0 Å². The van der Waals surface area contributed by atoms with Gasteiger partial charge in [0.15, 0.2) is 0 Å². The average molecular weight is 438 g/mol. The Labute approximate surface area is 183 Å². The lowest BCUT2D eigenvalue weighted by atomic mass is 10.0. The highest BCUT2D eigenvalue weighted by atomic mass is 32.1. The fourth-order valence-corrected chi connectivity index (χ4v) is 4.85. The number of amides is 2. The molecule has 2 aromatic heterocycles. The highest BCUT2D eigenvalue weighted by Gasteiger charge is 2.45. The molecule has 0 bridgehead atoms. The zero-order chi connectivity index (χ0) is 21.4. The van der Waals surface area contributed by atoms with Crippen LogP contribution < -0.4 is 5.32 Å². The minimum Gasteiger partial charge on any atom is -0.365 e. The molecule has 9 heteroatoms. The molecule has 1 N–H and O–H groups in total. The number of carbonyl (C=O) groups is 2. The zero-order valence-electron chi connectivity index (χ0n) is 17.2. The number of nitrogens with one attached hydrogen (secondary N) is 1. The van der Waals surface area contributed by atoms with Crippen LogP contribution in [0.1, 0.15) is 44.1 Å². The Balaban J connectivity index is 1.23. The summed E-state index contributed by atoms with van der Waals surface area (Å²) in [7, 11) is 0. The molecule has 1 unspecified atom stereocenters. The van der Waals surface area contributed by atoms with E-state index in [1.54, 1.807) is 6.07 Å². The molecule has 1 spiro atoms. The molecule has 2 aliphatic rings. The maximum atomic E-state index is 12.7. The van der Waals surface area contributed by atoms with E-state index in [4.69, 9.17) is 4.74 Å². The second-order valence-corrected chi connectivity index (χ2v) is 8.93. The Bertz CT molecular complexity index is 1130. The number of nitrogens with zero attached hydrogens (tertiary/aromatic N) is 4. The molecular formula is C22H23N5O3S. The summed E-state index contributed by atoms with van der Waals surface area (Å²) in [5, 5.41) is 15.3. The number of hydrogen-bond acceptors (Lipinski definition) is 6. The molecule has 2 aliphatic heterocycles. The summed E-state index contributed by atoms with van der Waals surface area (Å²) in [5.41, 5.74) is 3.53. The van der Waals surface area contributed by atoms with Crippen molar-refractivity contribution in [3.63, 3.8) is 0 Å². The minimum atomic E-state index is -0.436. The molecular weight excluding hydrogens is 414 g/mol. The van der Waals surface area contributed by atoms with Crippen LogP contribution >= 0.6 is 11.3 Å². The predicted octanol–water partition coefficient (Wildman–Crippen LogP) is 2.39. The normalized spacial score (nSPS) is 20.1. The highest BCUT2D eigenvalue weighted by molar-refractivity contribution is 7.08. The molecule has 5 rings (SSSR count). The van der Waals surface area contributed by atoms with Gasteiger partial charge in [0.2, 0.25) is 0 Å². The zero-order valence-corrected chi connectivity index (χ0v) is 18.0. The monoisotopic (exact) mass is 437 g/mol. The van der Waals surface area contributed by atoms with Crippen LogP contribution in [-0.4, -0.2) is 50.4 Å². The first-order chi connectivity index (χ1) is 15.0. The number of aryl methyl sites for hydroxylation is 1. The standard InChI is InChI=1S/C22H23N5O3S/c1-15-3-2-4-16(9-15)20(28)23-10-18-19-11-30-22(14-27(19)25-24-18)6-7-26(13-22)21(29)17-5-8-31-12-17/h2-5,8-9,12H,6-7,10-11,13-14H2,1H3,(H,23,28). The number of rotatable bonds is 4. The van der Waals surface area contributed by atoms with E-state index in [0.29, 0.717) is 44.0 Å². The van der Waals surface area contributed by atoms with Crippen molar-refractivity contribution in [2.75, 3.05) is 13.1 Å². The minimum absolute atomic E-state index is 0.0469. The van der Waals surface area contributed by atoms with Crippen molar-refractivity contribution in [2.24, 2.45) is 0 Å². The van der Waals surface area contributed by atoms with Gasteiger partial charge >= 0.3 is 0 Å². The van der Waals surface area contributed by atoms with E-state index in [0.717, 1.165) is 23.2 Å². The summed E-state index contributed by atoms with van der Waals surface area (Å²) < 4.78 is 8.11. The van der Waals surface area contributed by atoms with Gasteiger partial charge in [0.1, 0.15) is 11.3 Å². The number of hydrogen-bond donors (Lipinski definition) is 1. The van der Waals surface area contributed by atoms with Gasteiger partial charge in [-0.1, -0.05) is 22.9 Å². The van der Waals surface area contributed by atoms with Gasteiger partial charge in [-0.15, -0.1) is 5.10 Å². The molecule has 1 fully saturated rings. The summed E-state index contributed by atoms with van der Waals surface area (Å²) in [5.74, 6) is -0.0947. The molecule has 0 aliphatic carbocycles. The first-order valence-corrected chi connectivity index (χ1v) is 11.2. The lowest BCUT2D eigenvalue weighted by Crippen LogP contribution is -2.45. The van der Waals surface area contributed by atoms with Crippen LogP contribution in [0.5, 0.6) is 0 Å². The second-order valence-electron chi connectivity index (χ2n) is 8.15. The third-order valence-corrected chi connectivity index (χ3v) is 6.62. The van der Waals surface area contributed by atoms with Crippen LogP contribution in [0.15, 0.2) is 41.1 Å². The number of carbonyl (C=O) groups excluding carboxylic acids is 2. The maximum absolute atomic E-state index is 12.7. The third kappa shape index (κ3) is 3.86. The van der Waals surface area contributed by atoms with Crippen molar-refractivity contribution in [3.05, 3.63) is 69.2 Å². The second kappa shape index (κ2) is 7.90. The van der Waals surface area contributed by atoms with Gasteiger partial charge in [-0.25, -0.2) is 4.68 Å². The molecule has 0 saturated carbocycles. The van der Waals surface area contributed by atoms with Crippen molar-refractivity contribution in [2.45, 2.75) is 38.6 Å². The molecule has 0 radical (unpaired) electrons. The fourth-order valence-electron chi connectivity index (χ4n) is 4.22. The van der Waals surface area contributed by atoms with Gasteiger partial charge in [-0.05, 0) is 36.9 Å². The number of ether oxygens (including phenoxy) is 1. The van der Waals surface area contributed by atoms with E-state index in [1.807, 2.05) is 51.5 Å². The Morgan fingerprint density at radius 2 is 2.16 bits per heavy atom. The molecule has 1 aromatic carbocycles. The van der Waals surface area contributed by atoms with Gasteiger partial charge in [0, 0.05) is 17.5 Å². The van der Waals surface area contributed by atoms with Crippen molar-refractivity contribution < 1.29 is 14.3 Å². The maximum Gasteiger partial charge on any atom is 0.254 e. The van der Waals surface area contributed by atoms with Crippen LogP contribution in [0, 0.1) is 6.92 Å². The van der Waals surface area contributed by atoms with Gasteiger partial charge in [-0.3, -0.25) is 9.59 Å². The highest BCUT2D eigenvalue weighted by Crippen LogP contribution is 2.33. The van der Waals surface area contributed by atoms with Crippen molar-refractivity contribution in [3.8, 4) is 0 Å². The Morgan fingerprint density at radius 3 is 2.97 bits per heavy atom. The van der Waals surface area contributed by atoms with E-state index in [9.17, 15) is 9.59 Å². The SMILES string of the molecule is Cc1cccc(C(=O)NCc2nnn3c2COC2(CCN(C(=O)c4ccsc4)C2)C3)c1. The lowest BCUT2D eigenvalue weighted by Gasteiger charge is -2.33. The van der Waals surface area contributed by atoms with E-state index in [2.05, 4.69) is 15.6 Å². The molecule has 1 saturated heterocycles. The largest absolute Gasteiger partial charge is 0.365 e. The average Bonchev–Trinajstić information content (AvgIpc) is 3.52. The van der Waals surface area contributed by atoms with Crippen LogP contribution in [0.3, 0.4) is 0 Å². The Hall–Kier alpha value is -3.04. The van der Waals surface area contributed by atoms with Crippen LogP contribution in [0.25, 0.3) is 0 Å². The van der Waals surface area contributed by atoms with Crippen molar-refractivity contribution in [1.82, 2.24) is 25.2 Å². The van der Waals surface area contributed by atoms with Gasteiger partial charge in [-0.2, -0.15) is 11.3 Å². The van der Waals surface area contributed by atoms with Crippen LogP contribution in [0.2, 0.25) is 0 Å². The van der Waals surface area contributed by atoms with E-state index in [-0.39, 0.29) is 11.8 Å². The Morgan fingerprint density at radius 1 is 1.26 bits per heavy atom. The third-order valence-electron chi connectivity index (χ3n) is 5.94. The predicted molar refractivity (Wildman–Crippen MR) is 115 cm³/mol. The molecule has 31 heavy (non-hydrogen) atoms. The first-order valence-electron chi connectivity index (χ1n) is 10.2. The molecule has 8 nitrogen and oxygen atoms in total. The number of aromatic nitrogens is 3. The van der Waals surface area contributed by atoms with Gasteiger partial charge < -0.3 is 15.0 Å². The van der Waals surface area contributed by atoms with Crippen molar-refractivity contribution in [1.29, 1.82) is 0 Å². The topological polar surface area (TPSA) is 89.3 Å². The molecule has 1 atom stereocenters. The van der Waals surface area contributed by atoms with Crippen LogP contribution in [-0.2, 0) is 24.4 Å². The number of likely N-dealkylation sites (tertiary alicyclic amines) is 1. The summed E-state index contributed by atoms with van der Waals surface area (Å²) in [6.07, 6.45) is 0.765. The van der Waals surface area contributed by atoms with Gasteiger partial charge in [0.05, 0.1) is 37.5 Å². The first kappa shape index (κ1) is 19.9. The smallest absolute Gasteiger partial charge is 0.254 e. The quantitative estimate of drug-likeness (QED) is 0.677. The van der Waals surface area contributed by atoms with E-state index in [1.165, 1.54) is 11.3 Å². The molecule has 3 aromatic rings. The van der Waals surface area contributed by atoms with Gasteiger partial charge in [0.25, 0.3) is 11.8 Å². The summed E-state index contributed by atoms with van der Waals surface area (Å²) in [4.78, 5) is 27.0. The number of fused-ring (bicyclic) bond motifs is 1. The molecule has 160 valence electrons. The fraction of sp³-hybridized carbons (Fsp3) is 0.364. The summed E-state index contributed by atoms with van der Waals surface area (Å²) in [6.45, 7) is 4.37. The summed E-state index contributed by atoms with van der Waals surface area (Å²) >= 11 is 1.52. The van der Waals surface area contributed by atoms with Crippen molar-refractivity contribution >= 4 is 23.2 Å². The molecule has 2 amide bonds. The number of thiophene rings is 1. The number of benzene rings is 1. The lowest BCUT2D eigenvalue weighted by molar-refractivity contribution is -0.0828. The van der Waals surface area contributed by atoms with E-state index < -0.39 is 5.60 Å².